The summed E-state index contributed by atoms with van der Waals surface area (Å²) in [6.45, 7) is 18.0. The molecule has 36 heavy (non-hydrogen) atoms. The summed E-state index contributed by atoms with van der Waals surface area (Å²) in [5, 5.41) is 0. The third-order valence-corrected chi connectivity index (χ3v) is 9.52. The first-order chi connectivity index (χ1) is 16.5. The summed E-state index contributed by atoms with van der Waals surface area (Å²) in [7, 11) is 4.18. The van der Waals surface area contributed by atoms with Gasteiger partial charge in [0, 0.05) is 35.0 Å². The van der Waals surface area contributed by atoms with Crippen LogP contribution in [0.15, 0.2) is 24.3 Å². The molecule has 0 N–H and O–H groups in total. The Morgan fingerprint density at radius 2 is 1.00 bits per heavy atom. The average molecular weight is 501 g/mol. The zero-order chi connectivity index (χ0) is 27.1. The van der Waals surface area contributed by atoms with Gasteiger partial charge in [-0.3, -0.25) is 19.4 Å². The molecule has 1 aromatic rings. The van der Waals surface area contributed by atoms with E-state index < -0.39 is 0 Å². The van der Waals surface area contributed by atoms with Gasteiger partial charge in [-0.25, -0.2) is 0 Å². The molecule has 3 rings (SSSR count). The molecule has 2 aliphatic rings. The molecule has 2 aliphatic heterocycles. The summed E-state index contributed by atoms with van der Waals surface area (Å²) in [6.07, 6.45) is 2.99. The first-order valence-corrected chi connectivity index (χ1v) is 13.4. The zero-order valence-electron chi connectivity index (χ0n) is 24.2. The minimum absolute atomic E-state index is 0.0163. The van der Waals surface area contributed by atoms with Gasteiger partial charge in [-0.15, -0.1) is 0 Å². The fourth-order valence-electron chi connectivity index (χ4n) is 6.16. The van der Waals surface area contributed by atoms with Gasteiger partial charge in [-0.1, -0.05) is 24.3 Å². The van der Waals surface area contributed by atoms with Crippen LogP contribution < -0.4 is 0 Å². The highest BCUT2D eigenvalue weighted by atomic mass is 16.5. The normalized spacial score (nSPS) is 26.6. The highest BCUT2D eigenvalue weighted by Crippen LogP contribution is 2.45. The minimum atomic E-state index is -0.217. The average Bonchev–Trinajstić information content (AvgIpc) is 3.07. The number of esters is 2. The van der Waals surface area contributed by atoms with Crippen LogP contribution in [0.5, 0.6) is 0 Å². The van der Waals surface area contributed by atoms with E-state index in [1.165, 1.54) is 0 Å². The molecule has 2 unspecified atom stereocenters. The van der Waals surface area contributed by atoms with Crippen LogP contribution in [0, 0.1) is 11.8 Å². The van der Waals surface area contributed by atoms with E-state index in [0.29, 0.717) is 26.1 Å². The molecule has 0 aliphatic carbocycles. The van der Waals surface area contributed by atoms with Crippen LogP contribution in [0.3, 0.4) is 0 Å². The molecule has 2 heterocycles. The van der Waals surface area contributed by atoms with Gasteiger partial charge in [0.1, 0.15) is 0 Å². The topological polar surface area (TPSA) is 59.1 Å². The lowest BCUT2D eigenvalue weighted by Gasteiger charge is -2.37. The number of hydrogen-bond donors (Lipinski definition) is 0. The van der Waals surface area contributed by atoms with Crippen LogP contribution in [-0.4, -0.2) is 71.2 Å². The Labute approximate surface area is 218 Å². The molecule has 1 aromatic carbocycles. The second-order valence-electron chi connectivity index (χ2n) is 13.2. The van der Waals surface area contributed by atoms with Gasteiger partial charge in [0.25, 0.3) is 0 Å². The van der Waals surface area contributed by atoms with Crippen molar-refractivity contribution in [2.45, 2.75) is 103 Å². The van der Waals surface area contributed by atoms with E-state index in [9.17, 15) is 9.59 Å². The maximum absolute atomic E-state index is 12.8. The van der Waals surface area contributed by atoms with Crippen LogP contribution in [0.25, 0.3) is 0 Å². The molecule has 0 bridgehead atoms. The summed E-state index contributed by atoms with van der Waals surface area (Å²) < 4.78 is 11.4. The Morgan fingerprint density at radius 1 is 0.694 bits per heavy atom. The number of nitrogens with zero attached hydrogens (tertiary/aromatic N) is 2. The highest BCUT2D eigenvalue weighted by molar-refractivity contribution is 5.75. The third kappa shape index (κ3) is 5.65. The van der Waals surface area contributed by atoms with Crippen LogP contribution >= 0.6 is 0 Å². The molecular formula is C30H48N2O4. The number of carbonyl (C=O) groups excluding carboxylic acids is 2. The number of carbonyl (C=O) groups is 2. The van der Waals surface area contributed by atoms with Gasteiger partial charge in [0.15, 0.2) is 0 Å². The fraction of sp³-hybridized carbons (Fsp3) is 0.733. The van der Waals surface area contributed by atoms with Crippen molar-refractivity contribution in [1.29, 1.82) is 0 Å². The van der Waals surface area contributed by atoms with Gasteiger partial charge < -0.3 is 9.47 Å². The summed E-state index contributed by atoms with van der Waals surface area (Å²) in [5.41, 5.74) is 1.79. The molecule has 0 spiro atoms. The lowest BCUT2D eigenvalue weighted by Crippen LogP contribution is -2.48. The Morgan fingerprint density at radius 3 is 1.25 bits per heavy atom. The molecule has 2 fully saturated rings. The maximum atomic E-state index is 12.8. The molecule has 0 radical (unpaired) electrons. The van der Waals surface area contributed by atoms with Crippen molar-refractivity contribution in [3.05, 3.63) is 35.4 Å². The predicted octanol–water partition coefficient (Wildman–Crippen LogP) is 4.88. The van der Waals surface area contributed by atoms with Crippen molar-refractivity contribution >= 4 is 11.9 Å². The van der Waals surface area contributed by atoms with E-state index in [2.05, 4.69) is 104 Å². The number of likely N-dealkylation sites (tertiary alicyclic amines) is 2. The fourth-order valence-corrected chi connectivity index (χ4v) is 6.16. The lowest BCUT2D eigenvalue weighted by molar-refractivity contribution is -0.151. The lowest BCUT2D eigenvalue weighted by atomic mass is 9.87. The van der Waals surface area contributed by atoms with Gasteiger partial charge in [0.05, 0.1) is 25.0 Å². The van der Waals surface area contributed by atoms with Gasteiger partial charge in [0.2, 0.25) is 0 Å². The Hall–Kier alpha value is -1.92. The van der Waals surface area contributed by atoms with Crippen molar-refractivity contribution < 1.29 is 19.1 Å². The van der Waals surface area contributed by atoms with Crippen molar-refractivity contribution in [1.82, 2.24) is 9.80 Å². The third-order valence-electron chi connectivity index (χ3n) is 9.52. The molecule has 6 nitrogen and oxygen atoms in total. The minimum Gasteiger partial charge on any atom is -0.465 e. The van der Waals surface area contributed by atoms with Crippen LogP contribution in [0.1, 0.15) is 79.4 Å². The first-order valence-electron chi connectivity index (χ1n) is 13.4. The molecule has 202 valence electrons. The van der Waals surface area contributed by atoms with Crippen LogP contribution in [0.4, 0.5) is 0 Å². The molecule has 0 amide bonds. The highest BCUT2D eigenvalue weighted by Gasteiger charge is 2.54. The van der Waals surface area contributed by atoms with Crippen molar-refractivity contribution in [3.8, 4) is 0 Å². The number of ether oxygens (including phenoxy) is 2. The first kappa shape index (κ1) is 28.6. The summed E-state index contributed by atoms with van der Waals surface area (Å²) >= 11 is 0. The summed E-state index contributed by atoms with van der Waals surface area (Å²) in [6, 6.07) is 8.27. The second-order valence-corrected chi connectivity index (χ2v) is 13.2. The standard InChI is InChI=1S/C30H48N2O4/c1-27(2)19-23(29(5,6)31(27)9)25(33)35-17-15-21-11-13-22(14-12-21)16-18-36-26(34)24-20-28(3,4)32(10)30(24,7)8/h11-14,23-24H,15-20H2,1-10H3. The molecule has 0 saturated carbocycles. The molecule has 2 saturated heterocycles. The molecule has 6 heteroatoms. The number of rotatable bonds is 8. The Balaban J connectivity index is 1.43. The maximum Gasteiger partial charge on any atom is 0.310 e. The Bertz CT molecular complexity index is 871. The van der Waals surface area contributed by atoms with Crippen LogP contribution in [-0.2, 0) is 31.9 Å². The molecule has 0 aromatic heterocycles. The van der Waals surface area contributed by atoms with E-state index >= 15 is 0 Å². The van der Waals surface area contributed by atoms with Crippen molar-refractivity contribution in [3.63, 3.8) is 0 Å². The van der Waals surface area contributed by atoms with E-state index in [-0.39, 0.29) is 45.9 Å². The summed E-state index contributed by atoms with van der Waals surface area (Å²) in [5.74, 6) is -0.445. The number of hydrogen-bond acceptors (Lipinski definition) is 6. The van der Waals surface area contributed by atoms with E-state index in [1.54, 1.807) is 0 Å². The SMILES string of the molecule is CN1C(C)(C)CC(C(=O)OCCc2ccc(CCOC(=O)C3CC(C)(C)N(C)C3(C)C)cc2)C1(C)C. The van der Waals surface area contributed by atoms with Gasteiger partial charge in [-0.2, -0.15) is 0 Å². The van der Waals surface area contributed by atoms with E-state index in [1.807, 2.05) is 0 Å². The smallest absolute Gasteiger partial charge is 0.310 e. The van der Waals surface area contributed by atoms with Crippen LogP contribution in [0.2, 0.25) is 0 Å². The van der Waals surface area contributed by atoms with E-state index in [0.717, 1.165) is 24.0 Å². The van der Waals surface area contributed by atoms with Gasteiger partial charge in [-0.05, 0) is 93.5 Å². The predicted molar refractivity (Wildman–Crippen MR) is 144 cm³/mol. The Kier molecular flexibility index (Phi) is 8.03. The summed E-state index contributed by atoms with van der Waals surface area (Å²) in [4.78, 5) is 30.2. The molecule has 2 atom stereocenters. The monoisotopic (exact) mass is 500 g/mol. The van der Waals surface area contributed by atoms with Crippen molar-refractivity contribution in [2.75, 3.05) is 27.3 Å². The van der Waals surface area contributed by atoms with Gasteiger partial charge >= 0.3 is 11.9 Å². The number of benzene rings is 1. The van der Waals surface area contributed by atoms with E-state index in [4.69, 9.17) is 9.47 Å². The quantitative estimate of drug-likeness (QED) is 0.475. The van der Waals surface area contributed by atoms with Crippen molar-refractivity contribution in [2.24, 2.45) is 11.8 Å². The molecular weight excluding hydrogens is 452 g/mol. The largest absolute Gasteiger partial charge is 0.465 e. The zero-order valence-corrected chi connectivity index (χ0v) is 24.2. The second kappa shape index (κ2) is 10.1.